The highest BCUT2D eigenvalue weighted by Crippen LogP contribution is 2.54. The van der Waals surface area contributed by atoms with Crippen molar-refractivity contribution >= 4 is 46.0 Å². The highest BCUT2D eigenvalue weighted by molar-refractivity contribution is 6.36. The molecule has 0 bridgehead atoms. The molecule has 1 atom stereocenters. The summed E-state index contributed by atoms with van der Waals surface area (Å²) in [7, 11) is 1.85. The Kier molecular flexibility index (Phi) is 4.02. The highest BCUT2D eigenvalue weighted by Gasteiger charge is 2.56. The van der Waals surface area contributed by atoms with Gasteiger partial charge < -0.3 is 20.5 Å². The number of fused-ring (bicyclic) bond motifs is 1. The summed E-state index contributed by atoms with van der Waals surface area (Å²) in [5.41, 5.74) is 1.52. The molecule has 0 radical (unpaired) electrons. The lowest BCUT2D eigenvalue weighted by atomic mass is 10.0. The zero-order valence-corrected chi connectivity index (χ0v) is 16.7. The van der Waals surface area contributed by atoms with E-state index in [-0.39, 0.29) is 17.4 Å². The molecule has 3 aromatic heterocycles. The van der Waals surface area contributed by atoms with E-state index in [1.165, 1.54) is 6.08 Å². The maximum Gasteiger partial charge on any atom is 0.246 e. The number of carbonyl (C=O) groups is 1. The molecule has 2 fully saturated rings. The first-order valence-electron chi connectivity index (χ1n) is 9.46. The molecule has 0 unspecified atom stereocenters. The predicted molar refractivity (Wildman–Crippen MR) is 111 cm³/mol. The molecule has 150 valence electrons. The van der Waals surface area contributed by atoms with Crippen molar-refractivity contribution in [2.45, 2.75) is 18.9 Å². The minimum Gasteiger partial charge on any atom is -0.364 e. The maximum absolute atomic E-state index is 12.1. The first-order chi connectivity index (χ1) is 14.0. The van der Waals surface area contributed by atoms with E-state index in [4.69, 9.17) is 11.6 Å². The normalized spacial score (nSPS) is 19.7. The summed E-state index contributed by atoms with van der Waals surface area (Å²) in [6, 6.07) is 0.0988. The van der Waals surface area contributed by atoms with Gasteiger partial charge in [0.15, 0.2) is 0 Å². The van der Waals surface area contributed by atoms with Crippen LogP contribution in [0.2, 0.25) is 5.02 Å². The van der Waals surface area contributed by atoms with Gasteiger partial charge in [0.1, 0.15) is 11.5 Å². The van der Waals surface area contributed by atoms with Crippen LogP contribution < -0.4 is 10.6 Å². The molecule has 0 aromatic carbocycles. The van der Waals surface area contributed by atoms with E-state index in [0.29, 0.717) is 29.0 Å². The Morgan fingerprint density at radius 1 is 1.45 bits per heavy atom. The van der Waals surface area contributed by atoms with Crippen molar-refractivity contribution in [3.8, 4) is 0 Å². The summed E-state index contributed by atoms with van der Waals surface area (Å²) in [6.07, 6.45) is 8.80. The topological polar surface area (TPSA) is 104 Å². The molecule has 29 heavy (non-hydrogen) atoms. The molecule has 1 amide bonds. The van der Waals surface area contributed by atoms with Gasteiger partial charge in [0, 0.05) is 37.9 Å². The van der Waals surface area contributed by atoms with E-state index >= 15 is 0 Å². The number of hydrogen-bond donors (Lipinski definition) is 3. The Bertz CT molecular complexity index is 1110. The van der Waals surface area contributed by atoms with E-state index in [9.17, 15) is 4.79 Å². The van der Waals surface area contributed by atoms with Crippen LogP contribution in [0, 0.1) is 5.41 Å². The van der Waals surface area contributed by atoms with Crippen molar-refractivity contribution in [2.24, 2.45) is 12.5 Å². The fourth-order valence-electron chi connectivity index (χ4n) is 4.07. The van der Waals surface area contributed by atoms with Crippen molar-refractivity contribution in [3.63, 3.8) is 0 Å². The van der Waals surface area contributed by atoms with Gasteiger partial charge in [-0.25, -0.2) is 0 Å². The van der Waals surface area contributed by atoms with E-state index in [1.54, 1.807) is 17.1 Å². The number of nitrogens with zero attached hydrogens (tertiary/aromatic N) is 5. The van der Waals surface area contributed by atoms with Crippen molar-refractivity contribution in [2.75, 3.05) is 23.7 Å². The smallest absolute Gasteiger partial charge is 0.246 e. The number of aromatic nitrogens is 5. The number of halogens is 1. The molecule has 3 N–H and O–H groups in total. The number of carbonyl (C=O) groups excluding carboxylic acids is 1. The molecule has 3 aromatic rings. The molecule has 2 aliphatic rings. The third kappa shape index (κ3) is 3.11. The number of aryl methyl sites for hydroxylation is 1. The maximum atomic E-state index is 12.1. The second kappa shape index (κ2) is 6.48. The fraction of sp³-hybridized carbons (Fsp3) is 0.368. The summed E-state index contributed by atoms with van der Waals surface area (Å²) < 4.78 is 1.70. The minimum atomic E-state index is -0.0352. The van der Waals surface area contributed by atoms with Crippen LogP contribution in [0.4, 0.5) is 17.5 Å². The lowest BCUT2D eigenvalue weighted by Gasteiger charge is -2.20. The molecular weight excluding hydrogens is 392 g/mol. The zero-order valence-electron chi connectivity index (χ0n) is 15.9. The van der Waals surface area contributed by atoms with Gasteiger partial charge >= 0.3 is 0 Å². The third-order valence-electron chi connectivity index (χ3n) is 5.78. The molecule has 9 nitrogen and oxygen atoms in total. The second-order valence-electron chi connectivity index (χ2n) is 7.77. The third-order valence-corrected chi connectivity index (χ3v) is 6.08. The molecule has 5 rings (SSSR count). The Labute approximate surface area is 172 Å². The van der Waals surface area contributed by atoms with Crippen molar-refractivity contribution < 1.29 is 4.79 Å². The van der Waals surface area contributed by atoms with E-state index in [0.717, 1.165) is 30.5 Å². The van der Waals surface area contributed by atoms with Crippen LogP contribution in [0.3, 0.4) is 0 Å². The number of H-pyrrole nitrogens is 1. The van der Waals surface area contributed by atoms with Crippen LogP contribution in [0.1, 0.15) is 12.8 Å². The Morgan fingerprint density at radius 3 is 2.97 bits per heavy atom. The molecule has 1 saturated heterocycles. The first kappa shape index (κ1) is 18.0. The molecule has 4 heterocycles. The minimum absolute atomic E-state index is 0.0352. The number of rotatable bonds is 5. The molecule has 1 aliphatic heterocycles. The van der Waals surface area contributed by atoms with Gasteiger partial charge in [-0.05, 0) is 18.9 Å². The SMILES string of the molecule is C=CC(=O)N1C[C@@H](Nc2nc(Nc3cnn(C)c3)nc3[nH]cc(Cl)c23)C2(CC2)C1. The van der Waals surface area contributed by atoms with E-state index < -0.39 is 0 Å². The summed E-state index contributed by atoms with van der Waals surface area (Å²) in [5.74, 6) is 1.05. The van der Waals surface area contributed by atoms with Crippen LogP contribution >= 0.6 is 11.6 Å². The molecule has 1 aliphatic carbocycles. The summed E-state index contributed by atoms with van der Waals surface area (Å²) in [6.45, 7) is 4.97. The van der Waals surface area contributed by atoms with E-state index in [1.807, 2.05) is 18.1 Å². The van der Waals surface area contributed by atoms with Gasteiger partial charge in [0.2, 0.25) is 11.9 Å². The number of anilines is 3. The number of aromatic amines is 1. The van der Waals surface area contributed by atoms with Crippen LogP contribution in [0.25, 0.3) is 11.0 Å². The van der Waals surface area contributed by atoms with Gasteiger partial charge in [-0.15, -0.1) is 0 Å². The second-order valence-corrected chi connectivity index (χ2v) is 8.17. The van der Waals surface area contributed by atoms with Crippen LogP contribution in [-0.4, -0.2) is 54.7 Å². The monoisotopic (exact) mass is 412 g/mol. The Hall–Kier alpha value is -3.07. The van der Waals surface area contributed by atoms with Crippen molar-refractivity contribution in [3.05, 3.63) is 36.3 Å². The highest BCUT2D eigenvalue weighted by atomic mass is 35.5. The zero-order chi connectivity index (χ0) is 20.2. The lowest BCUT2D eigenvalue weighted by molar-refractivity contribution is -0.125. The average Bonchev–Trinajstić information content (AvgIpc) is 2.99. The summed E-state index contributed by atoms with van der Waals surface area (Å²) in [4.78, 5) is 26.3. The Balaban J connectivity index is 1.48. The molecular formula is C19H21ClN8O. The first-order valence-corrected chi connectivity index (χ1v) is 9.83. The van der Waals surface area contributed by atoms with Gasteiger partial charge in [0.05, 0.1) is 28.3 Å². The van der Waals surface area contributed by atoms with Crippen LogP contribution in [0.5, 0.6) is 0 Å². The van der Waals surface area contributed by atoms with Crippen LogP contribution in [-0.2, 0) is 11.8 Å². The largest absolute Gasteiger partial charge is 0.364 e. The lowest BCUT2D eigenvalue weighted by Crippen LogP contribution is -2.31. The number of hydrogen-bond acceptors (Lipinski definition) is 6. The van der Waals surface area contributed by atoms with Gasteiger partial charge in [-0.3, -0.25) is 9.48 Å². The molecule has 1 saturated carbocycles. The van der Waals surface area contributed by atoms with Gasteiger partial charge in [0.25, 0.3) is 0 Å². The van der Waals surface area contributed by atoms with Crippen molar-refractivity contribution in [1.82, 2.24) is 29.6 Å². The number of nitrogens with one attached hydrogen (secondary N) is 3. The van der Waals surface area contributed by atoms with Gasteiger partial charge in [-0.2, -0.15) is 15.1 Å². The number of likely N-dealkylation sites (tertiary alicyclic amines) is 1. The van der Waals surface area contributed by atoms with Crippen LogP contribution in [0.15, 0.2) is 31.2 Å². The van der Waals surface area contributed by atoms with Gasteiger partial charge in [-0.1, -0.05) is 18.2 Å². The fourth-order valence-corrected chi connectivity index (χ4v) is 4.30. The average molecular weight is 413 g/mol. The van der Waals surface area contributed by atoms with Crippen molar-refractivity contribution in [1.29, 1.82) is 0 Å². The predicted octanol–water partition coefficient (Wildman–Crippen LogP) is 2.68. The summed E-state index contributed by atoms with van der Waals surface area (Å²) in [5, 5.41) is 12.2. The molecule has 10 heteroatoms. The van der Waals surface area contributed by atoms with E-state index in [2.05, 4.69) is 37.3 Å². The quantitative estimate of drug-likeness (QED) is 0.556. The molecule has 1 spiro atoms. The number of amides is 1. The summed E-state index contributed by atoms with van der Waals surface area (Å²) >= 11 is 6.40. The standard InChI is InChI=1S/C19H21ClN8O/c1-3-14(29)28-9-13(19(10-28)4-5-19)24-17-15-12(20)7-21-16(15)25-18(26-17)23-11-6-22-27(2)8-11/h3,6-8,13H,1,4-5,9-10H2,2H3,(H3,21,23,24,25,26)/t13-/m1/s1. The Morgan fingerprint density at radius 2 is 2.28 bits per heavy atom.